The minimum absolute atomic E-state index is 0.00948. The first kappa shape index (κ1) is 17.7. The van der Waals surface area contributed by atoms with Crippen LogP contribution in [-0.4, -0.2) is 39.6 Å². The molecule has 130 valence electrons. The summed E-state index contributed by atoms with van der Waals surface area (Å²) < 4.78 is 19.4. The molecule has 24 heavy (non-hydrogen) atoms. The van der Waals surface area contributed by atoms with Gasteiger partial charge in [-0.2, -0.15) is 0 Å². The van der Waals surface area contributed by atoms with Crippen molar-refractivity contribution in [1.29, 1.82) is 0 Å². The number of fused-ring (bicyclic) bond motifs is 1. The van der Waals surface area contributed by atoms with E-state index in [2.05, 4.69) is 6.58 Å². The Kier molecular flexibility index (Phi) is 5.49. The molecule has 1 amide bonds. The minimum Gasteiger partial charge on any atom is -0.444 e. The third kappa shape index (κ3) is 3.47. The molecule has 0 saturated carbocycles. The number of rotatable bonds is 4. The summed E-state index contributed by atoms with van der Waals surface area (Å²) in [4.78, 5) is 14.5. The number of nitrogens with zero attached hydrogens (tertiary/aromatic N) is 2. The molecule has 1 aromatic carbocycles. The molecule has 2 aliphatic rings. The summed E-state index contributed by atoms with van der Waals surface area (Å²) in [6, 6.07) is 5.47. The van der Waals surface area contributed by atoms with Gasteiger partial charge in [0.05, 0.1) is 11.6 Å². The van der Waals surface area contributed by atoms with Crippen molar-refractivity contribution >= 4 is 46.0 Å². The molecule has 1 unspecified atom stereocenters. The molecular formula is C16H18Cl2N2O3S. The van der Waals surface area contributed by atoms with Crippen molar-refractivity contribution in [1.82, 2.24) is 4.31 Å². The molecule has 1 fully saturated rings. The molecule has 8 heteroatoms. The van der Waals surface area contributed by atoms with Crippen LogP contribution in [0.2, 0.25) is 5.02 Å². The molecule has 5 nitrogen and oxygen atoms in total. The highest BCUT2D eigenvalue weighted by Gasteiger charge is 2.35. The van der Waals surface area contributed by atoms with Gasteiger partial charge >= 0.3 is 6.09 Å². The lowest BCUT2D eigenvalue weighted by Gasteiger charge is -2.39. The standard InChI is InChI=1S/C16H18Cl2N2O3S/c1-11(9-17)24(22)19-6-4-14(5-7-19)20-15-3-2-13(18)8-12(15)10-23-16(20)21/h2-3,8,14H,1,4-7,9-10H2. The van der Waals surface area contributed by atoms with Crippen molar-refractivity contribution in [2.45, 2.75) is 25.5 Å². The fraction of sp³-hybridized carbons (Fsp3) is 0.438. The second-order valence-corrected chi connectivity index (χ2v) is 8.08. The molecule has 2 aliphatic heterocycles. The predicted molar refractivity (Wildman–Crippen MR) is 96.7 cm³/mol. The molecule has 1 aromatic rings. The minimum atomic E-state index is -1.27. The molecule has 0 aromatic heterocycles. The van der Waals surface area contributed by atoms with E-state index in [0.29, 0.717) is 35.9 Å². The Bertz CT molecular complexity index is 690. The van der Waals surface area contributed by atoms with E-state index in [-0.39, 0.29) is 24.6 Å². The molecule has 0 radical (unpaired) electrons. The first-order valence-electron chi connectivity index (χ1n) is 7.66. The summed E-state index contributed by atoms with van der Waals surface area (Å²) in [6.07, 6.45) is 1.08. The van der Waals surface area contributed by atoms with E-state index in [1.165, 1.54) is 0 Å². The number of allylic oxidation sites excluding steroid dienone is 1. The first-order chi connectivity index (χ1) is 11.5. The molecule has 0 N–H and O–H groups in total. The number of carbonyl (C=O) groups excluding carboxylic acids is 1. The number of halogens is 2. The fourth-order valence-corrected chi connectivity index (χ4v) is 4.53. The number of benzene rings is 1. The van der Waals surface area contributed by atoms with Crippen LogP contribution in [0.5, 0.6) is 0 Å². The Morgan fingerprint density at radius 3 is 2.75 bits per heavy atom. The van der Waals surface area contributed by atoms with Crippen LogP contribution >= 0.6 is 23.2 Å². The van der Waals surface area contributed by atoms with Gasteiger partial charge in [0.15, 0.2) is 0 Å². The van der Waals surface area contributed by atoms with Gasteiger partial charge in [0, 0.05) is 34.6 Å². The molecule has 3 rings (SSSR count). The number of cyclic esters (lactones) is 1. The van der Waals surface area contributed by atoms with E-state index < -0.39 is 11.0 Å². The van der Waals surface area contributed by atoms with E-state index in [1.807, 2.05) is 16.4 Å². The Morgan fingerprint density at radius 1 is 1.38 bits per heavy atom. The van der Waals surface area contributed by atoms with Gasteiger partial charge in [0.1, 0.15) is 17.6 Å². The predicted octanol–water partition coefficient (Wildman–Crippen LogP) is 3.68. The van der Waals surface area contributed by atoms with Crippen LogP contribution in [0.1, 0.15) is 18.4 Å². The third-order valence-corrected chi connectivity index (χ3v) is 6.46. The lowest BCUT2D eigenvalue weighted by atomic mass is 10.0. The summed E-state index contributed by atoms with van der Waals surface area (Å²) in [5.41, 5.74) is 1.75. The van der Waals surface area contributed by atoms with Gasteiger partial charge in [-0.05, 0) is 31.0 Å². The lowest BCUT2D eigenvalue weighted by Crippen LogP contribution is -2.49. The van der Waals surface area contributed by atoms with Crippen LogP contribution in [0.15, 0.2) is 29.7 Å². The zero-order valence-corrected chi connectivity index (χ0v) is 15.4. The van der Waals surface area contributed by atoms with Crippen LogP contribution in [0.25, 0.3) is 0 Å². The number of hydrogen-bond donors (Lipinski definition) is 0. The van der Waals surface area contributed by atoms with Crippen LogP contribution < -0.4 is 4.90 Å². The van der Waals surface area contributed by atoms with E-state index in [1.54, 1.807) is 11.0 Å². The van der Waals surface area contributed by atoms with Gasteiger partial charge in [-0.3, -0.25) is 4.90 Å². The fourth-order valence-electron chi connectivity index (χ4n) is 3.05. The normalized spacial score (nSPS) is 20.4. The largest absolute Gasteiger partial charge is 0.444 e. The summed E-state index contributed by atoms with van der Waals surface area (Å²) >= 11 is 11.7. The van der Waals surface area contributed by atoms with Crippen molar-refractivity contribution in [3.63, 3.8) is 0 Å². The number of piperidine rings is 1. The number of anilines is 1. The highest BCUT2D eigenvalue weighted by atomic mass is 35.5. The van der Waals surface area contributed by atoms with E-state index in [9.17, 15) is 9.00 Å². The summed E-state index contributed by atoms with van der Waals surface area (Å²) in [7, 11) is -1.27. The molecule has 0 bridgehead atoms. The lowest BCUT2D eigenvalue weighted by molar-refractivity contribution is 0.136. The average Bonchev–Trinajstić information content (AvgIpc) is 2.60. The number of ether oxygens (including phenoxy) is 1. The topological polar surface area (TPSA) is 49.9 Å². The van der Waals surface area contributed by atoms with Gasteiger partial charge in [-0.25, -0.2) is 13.3 Å². The highest BCUT2D eigenvalue weighted by Crippen LogP contribution is 2.33. The van der Waals surface area contributed by atoms with Crippen LogP contribution in [-0.2, 0) is 22.3 Å². The third-order valence-electron chi connectivity index (χ3n) is 4.27. The monoisotopic (exact) mass is 388 g/mol. The zero-order chi connectivity index (χ0) is 17.3. The second-order valence-electron chi connectivity index (χ2n) is 5.78. The highest BCUT2D eigenvalue weighted by molar-refractivity contribution is 7.86. The number of alkyl halides is 1. The second kappa shape index (κ2) is 7.44. The maximum Gasteiger partial charge on any atom is 0.414 e. The number of amides is 1. The van der Waals surface area contributed by atoms with Crippen molar-refractivity contribution in [3.8, 4) is 0 Å². The van der Waals surface area contributed by atoms with E-state index in [0.717, 1.165) is 11.3 Å². The van der Waals surface area contributed by atoms with Gasteiger partial charge in [0.25, 0.3) is 0 Å². The SMILES string of the molecule is C=C(CCl)S(=O)N1CCC(N2C(=O)OCc3cc(Cl)ccc32)CC1. The maximum absolute atomic E-state index is 12.3. The Morgan fingerprint density at radius 2 is 2.08 bits per heavy atom. The molecule has 1 atom stereocenters. The van der Waals surface area contributed by atoms with Gasteiger partial charge in [0.2, 0.25) is 0 Å². The van der Waals surface area contributed by atoms with Crippen LogP contribution in [0.4, 0.5) is 10.5 Å². The smallest absolute Gasteiger partial charge is 0.414 e. The van der Waals surface area contributed by atoms with Crippen LogP contribution in [0.3, 0.4) is 0 Å². The summed E-state index contributed by atoms with van der Waals surface area (Å²) in [6.45, 7) is 5.20. The molecule has 0 aliphatic carbocycles. The first-order valence-corrected chi connectivity index (χ1v) is 9.68. The van der Waals surface area contributed by atoms with E-state index in [4.69, 9.17) is 27.9 Å². The van der Waals surface area contributed by atoms with Gasteiger partial charge in [-0.15, -0.1) is 11.6 Å². The van der Waals surface area contributed by atoms with E-state index >= 15 is 0 Å². The Hall–Kier alpha value is -1.08. The molecule has 2 heterocycles. The molecule has 0 spiro atoms. The van der Waals surface area contributed by atoms with Crippen molar-refractivity contribution in [3.05, 3.63) is 40.3 Å². The quantitative estimate of drug-likeness (QED) is 0.739. The average molecular weight is 389 g/mol. The van der Waals surface area contributed by atoms with Crippen molar-refractivity contribution in [2.24, 2.45) is 0 Å². The Balaban J connectivity index is 1.74. The summed E-state index contributed by atoms with van der Waals surface area (Å²) in [5.74, 6) is 0.180. The van der Waals surface area contributed by atoms with Gasteiger partial charge < -0.3 is 4.74 Å². The zero-order valence-electron chi connectivity index (χ0n) is 13.0. The molecular weight excluding hydrogens is 371 g/mol. The van der Waals surface area contributed by atoms with Crippen molar-refractivity contribution < 1.29 is 13.7 Å². The number of carbonyl (C=O) groups is 1. The summed E-state index contributed by atoms with van der Waals surface area (Å²) in [5, 5.41) is 0.622. The van der Waals surface area contributed by atoms with Crippen molar-refractivity contribution in [2.75, 3.05) is 23.9 Å². The molecule has 1 saturated heterocycles. The van der Waals surface area contributed by atoms with Gasteiger partial charge in [-0.1, -0.05) is 18.2 Å². The Labute approximate surface area is 153 Å². The maximum atomic E-state index is 12.3. The van der Waals surface area contributed by atoms with Crippen LogP contribution in [0, 0.1) is 0 Å². The number of hydrogen-bond acceptors (Lipinski definition) is 3.